The standard InChI is InChI=1S/C63H39NO/c1-2-16-43-38-44(29-28-40(43)14-1)41-30-34-46(35-31-41)64(58-26-12-8-17-47(58)45-33-37-60-53(39-45)51-36-32-42-15-3-4-18-48(42)62(51)65-60)59-27-13-25-57-61(59)52-21-7-11-24-56(52)63(57)54-22-9-5-19-49(54)50-20-6-10-23-55(50)63/h1-39H. The lowest BCUT2D eigenvalue weighted by Crippen LogP contribution is -2.26. The predicted molar refractivity (Wildman–Crippen MR) is 271 cm³/mol. The summed E-state index contributed by atoms with van der Waals surface area (Å²) < 4.78 is 6.61. The molecule has 1 spiro atoms. The number of fused-ring (bicyclic) bond motifs is 16. The van der Waals surface area contributed by atoms with Gasteiger partial charge in [0.1, 0.15) is 11.2 Å². The molecule has 0 radical (unpaired) electrons. The van der Waals surface area contributed by atoms with Gasteiger partial charge >= 0.3 is 0 Å². The molecule has 0 bridgehead atoms. The Morgan fingerprint density at radius 2 is 0.892 bits per heavy atom. The van der Waals surface area contributed by atoms with Crippen molar-refractivity contribution in [3.05, 3.63) is 259 Å². The molecule has 65 heavy (non-hydrogen) atoms. The third-order valence-electron chi connectivity index (χ3n) is 14.3. The van der Waals surface area contributed by atoms with Gasteiger partial charge in [-0.1, -0.05) is 188 Å². The molecule has 0 fully saturated rings. The van der Waals surface area contributed by atoms with Crippen molar-refractivity contribution in [2.24, 2.45) is 0 Å². The molecule has 1 aromatic heterocycles. The first-order chi connectivity index (χ1) is 32.2. The van der Waals surface area contributed by atoms with Crippen LogP contribution in [0.1, 0.15) is 22.3 Å². The van der Waals surface area contributed by atoms with E-state index in [1.807, 2.05) is 0 Å². The van der Waals surface area contributed by atoms with Crippen LogP contribution in [0.15, 0.2) is 241 Å². The maximum absolute atomic E-state index is 6.61. The van der Waals surface area contributed by atoms with Gasteiger partial charge in [0.2, 0.25) is 0 Å². The van der Waals surface area contributed by atoms with Gasteiger partial charge in [-0.05, 0) is 120 Å². The summed E-state index contributed by atoms with van der Waals surface area (Å²) >= 11 is 0. The van der Waals surface area contributed by atoms with E-state index in [-0.39, 0.29) is 0 Å². The van der Waals surface area contributed by atoms with Crippen LogP contribution in [-0.4, -0.2) is 0 Å². The van der Waals surface area contributed by atoms with E-state index in [0.717, 1.165) is 55.5 Å². The topological polar surface area (TPSA) is 16.4 Å². The van der Waals surface area contributed by atoms with Crippen molar-refractivity contribution in [3.63, 3.8) is 0 Å². The first kappa shape index (κ1) is 36.1. The second kappa shape index (κ2) is 13.8. The van der Waals surface area contributed by atoms with E-state index >= 15 is 0 Å². The average molecular weight is 826 g/mol. The third-order valence-corrected chi connectivity index (χ3v) is 14.3. The fourth-order valence-electron chi connectivity index (χ4n) is 11.5. The molecule has 0 saturated carbocycles. The van der Waals surface area contributed by atoms with E-state index in [4.69, 9.17) is 4.42 Å². The molecule has 11 aromatic carbocycles. The molecule has 12 aromatic rings. The highest BCUT2D eigenvalue weighted by atomic mass is 16.3. The Labute approximate surface area is 376 Å². The van der Waals surface area contributed by atoms with Gasteiger partial charge < -0.3 is 9.32 Å². The van der Waals surface area contributed by atoms with Crippen LogP contribution in [-0.2, 0) is 5.41 Å². The van der Waals surface area contributed by atoms with Gasteiger partial charge in [-0.25, -0.2) is 0 Å². The summed E-state index contributed by atoms with van der Waals surface area (Å²) in [4.78, 5) is 2.51. The molecule has 0 saturated heterocycles. The van der Waals surface area contributed by atoms with Crippen molar-refractivity contribution >= 4 is 60.5 Å². The van der Waals surface area contributed by atoms with Crippen LogP contribution in [0.3, 0.4) is 0 Å². The maximum Gasteiger partial charge on any atom is 0.143 e. The van der Waals surface area contributed by atoms with Gasteiger partial charge in [0, 0.05) is 33.0 Å². The van der Waals surface area contributed by atoms with Crippen molar-refractivity contribution in [2.75, 3.05) is 4.90 Å². The Morgan fingerprint density at radius 3 is 1.68 bits per heavy atom. The first-order valence-corrected chi connectivity index (χ1v) is 22.5. The summed E-state index contributed by atoms with van der Waals surface area (Å²) in [5.74, 6) is 0. The van der Waals surface area contributed by atoms with Crippen molar-refractivity contribution in [2.45, 2.75) is 5.41 Å². The van der Waals surface area contributed by atoms with Crippen molar-refractivity contribution in [3.8, 4) is 44.5 Å². The summed E-state index contributed by atoms with van der Waals surface area (Å²) in [6.45, 7) is 0. The van der Waals surface area contributed by atoms with Crippen molar-refractivity contribution in [1.29, 1.82) is 0 Å². The minimum absolute atomic E-state index is 0.461. The maximum atomic E-state index is 6.61. The SMILES string of the molecule is c1ccc(N(c2ccc(-c3ccc4ccccc4c3)cc2)c2cccc3c2-c2ccccc2C32c3ccccc3-c3ccccc32)c(-c2ccc3oc4c5ccccc5ccc4c3c2)c1. The highest BCUT2D eigenvalue weighted by Crippen LogP contribution is 2.65. The van der Waals surface area contributed by atoms with E-state index in [9.17, 15) is 0 Å². The van der Waals surface area contributed by atoms with E-state index in [1.165, 1.54) is 71.8 Å². The van der Waals surface area contributed by atoms with E-state index < -0.39 is 5.41 Å². The molecule has 0 N–H and O–H groups in total. The lowest BCUT2D eigenvalue weighted by Gasteiger charge is -2.32. The highest BCUT2D eigenvalue weighted by Gasteiger charge is 2.52. The Hall–Kier alpha value is -8.46. The molecule has 2 aliphatic carbocycles. The van der Waals surface area contributed by atoms with E-state index in [1.54, 1.807) is 0 Å². The Balaban J connectivity index is 1.01. The molecular weight excluding hydrogens is 787 g/mol. The van der Waals surface area contributed by atoms with Gasteiger partial charge in [-0.2, -0.15) is 0 Å². The van der Waals surface area contributed by atoms with Crippen LogP contribution >= 0.6 is 0 Å². The van der Waals surface area contributed by atoms with Gasteiger partial charge in [-0.15, -0.1) is 0 Å². The minimum atomic E-state index is -0.461. The average Bonchev–Trinajstić information content (AvgIpc) is 4.01. The number of hydrogen-bond acceptors (Lipinski definition) is 2. The molecule has 14 rings (SSSR count). The summed E-state index contributed by atoms with van der Waals surface area (Å²) in [5, 5.41) is 7.02. The number of nitrogens with zero attached hydrogens (tertiary/aromatic N) is 1. The minimum Gasteiger partial charge on any atom is -0.455 e. The second-order valence-corrected chi connectivity index (χ2v) is 17.5. The number of rotatable bonds is 5. The molecule has 2 heteroatoms. The number of para-hydroxylation sites is 1. The van der Waals surface area contributed by atoms with Gasteiger partial charge in [-0.3, -0.25) is 0 Å². The van der Waals surface area contributed by atoms with Gasteiger partial charge in [0.15, 0.2) is 0 Å². The number of hydrogen-bond donors (Lipinski definition) is 0. The van der Waals surface area contributed by atoms with Gasteiger partial charge in [0.05, 0.1) is 16.8 Å². The first-order valence-electron chi connectivity index (χ1n) is 22.5. The van der Waals surface area contributed by atoms with Crippen LogP contribution in [0.4, 0.5) is 17.1 Å². The van der Waals surface area contributed by atoms with Crippen molar-refractivity contribution in [1.82, 2.24) is 0 Å². The zero-order valence-corrected chi connectivity index (χ0v) is 35.4. The Bertz CT molecular complexity index is 3860. The molecule has 0 aliphatic heterocycles. The quantitative estimate of drug-likeness (QED) is 0.172. The fraction of sp³-hybridized carbons (Fsp3) is 0.0159. The molecule has 2 nitrogen and oxygen atoms in total. The normalized spacial score (nSPS) is 13.0. The van der Waals surface area contributed by atoms with Crippen molar-refractivity contribution < 1.29 is 4.42 Å². The number of benzene rings is 11. The predicted octanol–water partition coefficient (Wildman–Crippen LogP) is 17.0. The number of anilines is 3. The molecule has 2 aliphatic rings. The Kier molecular flexibility index (Phi) is 7.64. The highest BCUT2D eigenvalue weighted by molar-refractivity contribution is 6.16. The lowest BCUT2D eigenvalue weighted by molar-refractivity contribution is 0.672. The van der Waals surface area contributed by atoms with Crippen LogP contribution in [0.2, 0.25) is 0 Å². The molecule has 302 valence electrons. The van der Waals surface area contributed by atoms with E-state index in [2.05, 4.69) is 241 Å². The van der Waals surface area contributed by atoms with Crippen LogP contribution in [0, 0.1) is 0 Å². The summed E-state index contributed by atoms with van der Waals surface area (Å²) in [7, 11) is 0. The van der Waals surface area contributed by atoms with Gasteiger partial charge in [0.25, 0.3) is 0 Å². The molecule has 0 unspecified atom stereocenters. The van der Waals surface area contributed by atoms with Crippen LogP contribution in [0.25, 0.3) is 88.0 Å². The smallest absolute Gasteiger partial charge is 0.143 e. The van der Waals surface area contributed by atoms with Crippen LogP contribution in [0.5, 0.6) is 0 Å². The molecular formula is C63H39NO. The lowest BCUT2D eigenvalue weighted by atomic mass is 9.70. The molecule has 0 amide bonds. The molecule has 0 atom stereocenters. The second-order valence-electron chi connectivity index (χ2n) is 17.5. The zero-order chi connectivity index (χ0) is 42.6. The molecule has 1 heterocycles. The zero-order valence-electron chi connectivity index (χ0n) is 35.4. The Morgan fingerprint density at radius 1 is 0.323 bits per heavy atom. The summed E-state index contributed by atoms with van der Waals surface area (Å²) in [6, 6.07) is 87.2. The fourth-order valence-corrected chi connectivity index (χ4v) is 11.5. The van der Waals surface area contributed by atoms with E-state index in [0.29, 0.717) is 0 Å². The summed E-state index contributed by atoms with van der Waals surface area (Å²) in [6.07, 6.45) is 0. The third kappa shape index (κ3) is 5.11. The number of furan rings is 1. The van der Waals surface area contributed by atoms with Crippen LogP contribution < -0.4 is 4.90 Å². The monoisotopic (exact) mass is 825 g/mol. The summed E-state index contributed by atoms with van der Waals surface area (Å²) in [5.41, 5.74) is 19.8. The largest absolute Gasteiger partial charge is 0.455 e.